The highest BCUT2D eigenvalue weighted by Crippen LogP contribution is 2.23. The van der Waals surface area contributed by atoms with Crippen molar-refractivity contribution in [3.05, 3.63) is 46.1 Å². The van der Waals surface area contributed by atoms with Gasteiger partial charge >= 0.3 is 5.97 Å². The van der Waals surface area contributed by atoms with Crippen LogP contribution in [-0.2, 0) is 4.79 Å². The zero-order chi connectivity index (χ0) is 15.9. The van der Waals surface area contributed by atoms with Crippen LogP contribution >= 0.6 is 0 Å². The molecule has 0 spiro atoms. The lowest BCUT2D eigenvalue weighted by Gasteiger charge is -2.08. The van der Waals surface area contributed by atoms with Gasteiger partial charge in [-0.3, -0.25) is 9.59 Å². The van der Waals surface area contributed by atoms with Crippen molar-refractivity contribution < 1.29 is 19.1 Å². The van der Waals surface area contributed by atoms with Gasteiger partial charge in [-0.15, -0.1) is 0 Å². The van der Waals surface area contributed by atoms with Gasteiger partial charge in [0.05, 0.1) is 23.8 Å². The fourth-order valence-electron chi connectivity index (χ4n) is 2.26. The Morgan fingerprint density at radius 3 is 2.73 bits per heavy atom. The van der Waals surface area contributed by atoms with Crippen LogP contribution < -0.4 is 10.2 Å². The minimum Gasteiger partial charge on any atom is -0.481 e. The largest absolute Gasteiger partial charge is 0.481 e. The lowest BCUT2D eigenvalue weighted by atomic mass is 9.99. The molecule has 3 rings (SSSR count). The highest BCUT2D eigenvalue weighted by atomic mass is 16.5. The number of nitrogens with zero attached hydrogens (tertiary/aromatic N) is 1. The number of hydrogen-bond acceptors (Lipinski definition) is 5. The van der Waals surface area contributed by atoms with Crippen molar-refractivity contribution in [3.63, 3.8) is 0 Å². The summed E-state index contributed by atoms with van der Waals surface area (Å²) in [6.45, 7) is 1.57. The molecule has 112 valence electrons. The summed E-state index contributed by atoms with van der Waals surface area (Å²) in [5.41, 5.74) is 0.856. The third-order valence-electron chi connectivity index (χ3n) is 3.61. The van der Waals surface area contributed by atoms with Gasteiger partial charge < -0.3 is 14.3 Å². The minimum atomic E-state index is -0.948. The Kier molecular flexibility index (Phi) is 3.29. The van der Waals surface area contributed by atoms with Crippen LogP contribution in [-0.4, -0.2) is 23.2 Å². The summed E-state index contributed by atoms with van der Waals surface area (Å²) >= 11 is 0. The standard InChI is InChI=1S/C16H13NO5/c1-8(16(19)20)9-3-5-12-11(7-9)14(18)10-4-6-13(21-2)17-15(10)22-12/h3-8H,1-2H3,(H,19,20). The molecule has 0 aliphatic rings. The van der Waals surface area contributed by atoms with E-state index in [-0.39, 0.29) is 11.1 Å². The van der Waals surface area contributed by atoms with Crippen molar-refractivity contribution in [2.45, 2.75) is 12.8 Å². The van der Waals surface area contributed by atoms with Gasteiger partial charge in [-0.05, 0) is 30.7 Å². The van der Waals surface area contributed by atoms with Gasteiger partial charge in [0.15, 0.2) is 0 Å². The number of aliphatic carboxylic acids is 1. The summed E-state index contributed by atoms with van der Waals surface area (Å²) in [6, 6.07) is 7.94. The fraction of sp³-hybridized carbons (Fsp3) is 0.188. The second-order valence-electron chi connectivity index (χ2n) is 4.95. The number of carboxylic acid groups (broad SMARTS) is 1. The molecule has 0 saturated heterocycles. The number of benzene rings is 1. The normalized spacial score (nSPS) is 12.5. The van der Waals surface area contributed by atoms with E-state index in [2.05, 4.69) is 4.98 Å². The first-order valence-corrected chi connectivity index (χ1v) is 6.65. The van der Waals surface area contributed by atoms with Crippen LogP contribution in [0.25, 0.3) is 22.1 Å². The number of methoxy groups -OCH3 is 1. The summed E-state index contributed by atoms with van der Waals surface area (Å²) in [4.78, 5) is 27.7. The van der Waals surface area contributed by atoms with E-state index in [1.54, 1.807) is 37.3 Å². The average Bonchev–Trinajstić information content (AvgIpc) is 2.53. The van der Waals surface area contributed by atoms with E-state index >= 15 is 0 Å². The van der Waals surface area contributed by atoms with E-state index in [4.69, 9.17) is 14.3 Å². The van der Waals surface area contributed by atoms with Crippen molar-refractivity contribution in [2.24, 2.45) is 0 Å². The van der Waals surface area contributed by atoms with Crippen LogP contribution in [0.2, 0.25) is 0 Å². The summed E-state index contributed by atoms with van der Waals surface area (Å²) in [5.74, 6) is -1.30. The van der Waals surface area contributed by atoms with Crippen molar-refractivity contribution in [2.75, 3.05) is 7.11 Å². The molecule has 3 aromatic rings. The maximum atomic E-state index is 12.5. The first-order chi connectivity index (χ1) is 10.5. The maximum Gasteiger partial charge on any atom is 0.310 e. The molecule has 0 radical (unpaired) electrons. The van der Waals surface area contributed by atoms with Gasteiger partial charge in [-0.1, -0.05) is 6.07 Å². The predicted octanol–water partition coefficient (Wildman–Crippen LogP) is 2.54. The number of fused-ring (bicyclic) bond motifs is 2. The van der Waals surface area contributed by atoms with Gasteiger partial charge in [0.2, 0.25) is 17.0 Å². The van der Waals surface area contributed by atoms with Crippen LogP contribution in [0, 0.1) is 0 Å². The highest BCUT2D eigenvalue weighted by molar-refractivity contribution is 5.89. The van der Waals surface area contributed by atoms with Crippen LogP contribution in [0.5, 0.6) is 5.88 Å². The lowest BCUT2D eigenvalue weighted by molar-refractivity contribution is -0.138. The molecule has 6 nitrogen and oxygen atoms in total. The number of carbonyl (C=O) groups is 1. The molecule has 0 aliphatic carbocycles. The zero-order valence-electron chi connectivity index (χ0n) is 12.0. The van der Waals surface area contributed by atoms with Crippen molar-refractivity contribution in [3.8, 4) is 5.88 Å². The van der Waals surface area contributed by atoms with Gasteiger partial charge in [0.1, 0.15) is 5.58 Å². The molecule has 0 bridgehead atoms. The third-order valence-corrected chi connectivity index (χ3v) is 3.61. The highest BCUT2D eigenvalue weighted by Gasteiger charge is 2.16. The molecule has 0 aliphatic heterocycles. The van der Waals surface area contributed by atoms with Crippen LogP contribution in [0.4, 0.5) is 0 Å². The maximum absolute atomic E-state index is 12.5. The van der Waals surface area contributed by atoms with E-state index in [0.29, 0.717) is 27.8 Å². The topological polar surface area (TPSA) is 89.6 Å². The van der Waals surface area contributed by atoms with Gasteiger partial charge in [-0.25, -0.2) is 0 Å². The smallest absolute Gasteiger partial charge is 0.310 e. The Morgan fingerprint density at radius 2 is 2.05 bits per heavy atom. The summed E-state index contributed by atoms with van der Waals surface area (Å²) in [7, 11) is 1.48. The molecular formula is C16H13NO5. The Hall–Kier alpha value is -2.89. The van der Waals surface area contributed by atoms with Crippen molar-refractivity contribution >= 4 is 28.0 Å². The molecule has 0 amide bonds. The van der Waals surface area contributed by atoms with Gasteiger partial charge in [0.25, 0.3) is 0 Å². The number of aromatic nitrogens is 1. The lowest BCUT2D eigenvalue weighted by Crippen LogP contribution is -2.09. The fourth-order valence-corrected chi connectivity index (χ4v) is 2.26. The molecule has 0 fully saturated rings. The Bertz CT molecular complexity index is 944. The monoisotopic (exact) mass is 299 g/mol. The first-order valence-electron chi connectivity index (χ1n) is 6.65. The molecule has 2 aromatic heterocycles. The zero-order valence-corrected chi connectivity index (χ0v) is 12.0. The van der Waals surface area contributed by atoms with E-state index in [1.165, 1.54) is 7.11 Å². The van der Waals surface area contributed by atoms with Gasteiger partial charge in [-0.2, -0.15) is 4.98 Å². The first kappa shape index (κ1) is 14.1. The summed E-state index contributed by atoms with van der Waals surface area (Å²) in [6.07, 6.45) is 0. The van der Waals surface area contributed by atoms with Crippen LogP contribution in [0.1, 0.15) is 18.4 Å². The third kappa shape index (κ3) is 2.18. The number of ether oxygens (including phenoxy) is 1. The number of hydrogen-bond donors (Lipinski definition) is 1. The molecule has 2 heterocycles. The van der Waals surface area contributed by atoms with Crippen LogP contribution in [0.3, 0.4) is 0 Å². The SMILES string of the molecule is COc1ccc2c(=O)c3cc(C(C)C(=O)O)ccc3oc2n1. The molecular weight excluding hydrogens is 286 g/mol. The molecule has 1 aromatic carbocycles. The number of carboxylic acids is 1. The van der Waals surface area contributed by atoms with E-state index < -0.39 is 11.9 Å². The van der Waals surface area contributed by atoms with E-state index in [0.717, 1.165) is 0 Å². The molecule has 22 heavy (non-hydrogen) atoms. The minimum absolute atomic E-state index is 0.191. The van der Waals surface area contributed by atoms with Crippen molar-refractivity contribution in [1.29, 1.82) is 0 Å². The summed E-state index contributed by atoms with van der Waals surface area (Å²) in [5, 5.41) is 9.75. The molecule has 1 N–H and O–H groups in total. The second-order valence-corrected chi connectivity index (χ2v) is 4.95. The summed E-state index contributed by atoms with van der Waals surface area (Å²) < 4.78 is 10.6. The molecule has 0 saturated carbocycles. The molecule has 1 unspecified atom stereocenters. The Balaban J connectivity index is 2.29. The Morgan fingerprint density at radius 1 is 1.27 bits per heavy atom. The van der Waals surface area contributed by atoms with Crippen LogP contribution in [0.15, 0.2) is 39.5 Å². The molecule has 1 atom stereocenters. The molecule has 6 heteroatoms. The van der Waals surface area contributed by atoms with Crippen molar-refractivity contribution in [1.82, 2.24) is 4.98 Å². The van der Waals surface area contributed by atoms with Gasteiger partial charge in [0, 0.05) is 6.07 Å². The average molecular weight is 299 g/mol. The van der Waals surface area contributed by atoms with E-state index in [1.807, 2.05) is 0 Å². The quantitative estimate of drug-likeness (QED) is 0.747. The predicted molar refractivity (Wildman–Crippen MR) is 80.4 cm³/mol. The number of rotatable bonds is 3. The Labute approximate surface area is 125 Å². The van der Waals surface area contributed by atoms with E-state index in [9.17, 15) is 9.59 Å². The second kappa shape index (κ2) is 5.14. The number of pyridine rings is 1.